The van der Waals surface area contributed by atoms with Gasteiger partial charge in [-0.05, 0) is 122 Å². The summed E-state index contributed by atoms with van der Waals surface area (Å²) in [5.41, 5.74) is 3.30. The highest BCUT2D eigenvalue weighted by molar-refractivity contribution is 14.1. The number of terminal acetylenes is 1. The Kier molecular flexibility index (Phi) is 34.9. The maximum atomic E-state index is 5.89. The van der Waals surface area contributed by atoms with E-state index in [9.17, 15) is 0 Å². The minimum atomic E-state index is 0.752. The highest BCUT2D eigenvalue weighted by Gasteiger charge is 2.14. The Hall–Kier alpha value is -4.87. The smallest absolute Gasteiger partial charge is 0.129 e. The van der Waals surface area contributed by atoms with Gasteiger partial charge in [-0.1, -0.05) is 103 Å². The van der Waals surface area contributed by atoms with Crippen molar-refractivity contribution in [3.05, 3.63) is 93.1 Å². The molecule has 69 heavy (non-hydrogen) atoms. The number of benzene rings is 4. The van der Waals surface area contributed by atoms with Gasteiger partial charge in [-0.2, -0.15) is 0 Å². The van der Waals surface area contributed by atoms with Crippen LogP contribution in [0.4, 0.5) is 0 Å². The van der Waals surface area contributed by atoms with E-state index in [0.29, 0.717) is 0 Å². The average Bonchev–Trinajstić information content (AvgIpc) is 3.38. The summed E-state index contributed by atoms with van der Waals surface area (Å²) in [5.74, 6) is 15.8. The number of rotatable bonds is 32. The lowest BCUT2D eigenvalue weighted by Crippen LogP contribution is -1.99. The Labute approximate surface area is 432 Å². The van der Waals surface area contributed by atoms with Gasteiger partial charge in [0.2, 0.25) is 0 Å². The molecule has 0 amide bonds. The minimum absolute atomic E-state index is 0.752. The molecule has 0 bridgehead atoms. The van der Waals surface area contributed by atoms with Crippen LogP contribution in [0.2, 0.25) is 0 Å². The molecule has 8 nitrogen and oxygen atoms in total. The zero-order valence-corrected chi connectivity index (χ0v) is 45.8. The van der Waals surface area contributed by atoms with Gasteiger partial charge in [-0.15, -0.1) is 12.3 Å². The van der Waals surface area contributed by atoms with E-state index in [1.807, 2.05) is 48.5 Å². The van der Waals surface area contributed by atoms with Gasteiger partial charge in [-0.3, -0.25) is 0 Å². The Morgan fingerprint density at radius 2 is 0.797 bits per heavy atom. The molecule has 0 heterocycles. The van der Waals surface area contributed by atoms with E-state index in [4.69, 9.17) is 44.3 Å². The summed E-state index contributed by atoms with van der Waals surface area (Å²) < 4.78 is 45.7. The van der Waals surface area contributed by atoms with Gasteiger partial charge >= 0.3 is 0 Å². The molecular weight excluding hydrogens is 976 g/mol. The SMILES string of the molecule is C#CCCCCC.CCCCCC#Cc1ccc(OCCCCCCCCc2c(OC)cc(OC)cc2OC)cc1.COc1cc(OC)c(CCCCCCCCOc2ccc(I)cc2)c(OC)c1. The van der Waals surface area contributed by atoms with Crippen LogP contribution in [0.3, 0.4) is 0 Å². The van der Waals surface area contributed by atoms with Crippen LogP contribution >= 0.6 is 22.6 Å². The number of hydrogen-bond acceptors (Lipinski definition) is 8. The Balaban J connectivity index is 0.000000421. The highest BCUT2D eigenvalue weighted by Crippen LogP contribution is 2.36. The van der Waals surface area contributed by atoms with Gasteiger partial charge in [0, 0.05) is 57.4 Å². The van der Waals surface area contributed by atoms with Crippen LogP contribution in [0.5, 0.6) is 46.0 Å². The van der Waals surface area contributed by atoms with Gasteiger partial charge in [0.25, 0.3) is 0 Å². The molecule has 0 atom stereocenters. The Bertz CT molecular complexity index is 1960. The standard InChI is InChI=1S/C30H42O4.C23H31IO4.C7H12/c1-5-6-7-10-13-16-25-18-20-26(21-19-25)34-22-15-12-9-8-11-14-17-28-29(32-3)23-27(31-2)24-30(28)33-4;1-25-20-16-22(26-2)21(23(17-20)27-3)10-8-6-4-5-7-9-15-28-19-13-11-18(24)12-14-19;1-3-5-7-6-4-2/h18-21,23-24H,5-12,14-15,17,22H2,1-4H3;11-14,16-17H,4-10,15H2,1-3H3;1H,4-7H2,2H3. The Morgan fingerprint density at radius 3 is 1.17 bits per heavy atom. The van der Waals surface area contributed by atoms with Crippen molar-refractivity contribution in [2.45, 2.75) is 155 Å². The molecule has 0 unspecified atom stereocenters. The summed E-state index contributed by atoms with van der Waals surface area (Å²) in [6.45, 7) is 5.95. The van der Waals surface area contributed by atoms with Crippen LogP contribution in [0, 0.1) is 27.8 Å². The highest BCUT2D eigenvalue weighted by atomic mass is 127. The lowest BCUT2D eigenvalue weighted by molar-refractivity contribution is 0.304. The molecule has 380 valence electrons. The van der Waals surface area contributed by atoms with Crippen molar-refractivity contribution < 1.29 is 37.9 Å². The molecule has 0 aliphatic rings. The van der Waals surface area contributed by atoms with E-state index in [2.05, 4.69) is 78.5 Å². The minimum Gasteiger partial charge on any atom is -0.496 e. The third-order valence-electron chi connectivity index (χ3n) is 11.5. The molecule has 4 aromatic rings. The summed E-state index contributed by atoms with van der Waals surface area (Å²) >= 11 is 2.30. The summed E-state index contributed by atoms with van der Waals surface area (Å²) in [6.07, 6.45) is 30.4. The van der Waals surface area contributed by atoms with Crippen molar-refractivity contribution in [1.29, 1.82) is 0 Å². The normalized spacial score (nSPS) is 10.2. The number of hydrogen-bond donors (Lipinski definition) is 0. The van der Waals surface area contributed by atoms with E-state index in [0.717, 1.165) is 127 Å². The van der Waals surface area contributed by atoms with E-state index in [1.54, 1.807) is 42.7 Å². The second kappa shape index (κ2) is 39.9. The quantitative estimate of drug-likeness (QED) is 0.0272. The van der Waals surface area contributed by atoms with Crippen LogP contribution in [0.15, 0.2) is 72.8 Å². The zero-order valence-electron chi connectivity index (χ0n) is 43.6. The molecule has 9 heteroatoms. The molecule has 0 saturated heterocycles. The van der Waals surface area contributed by atoms with Crippen LogP contribution in [0.25, 0.3) is 0 Å². The fraction of sp³-hybridized carbons (Fsp3) is 0.533. The number of ether oxygens (including phenoxy) is 8. The first kappa shape index (κ1) is 60.3. The lowest BCUT2D eigenvalue weighted by Gasteiger charge is -2.15. The third kappa shape index (κ3) is 26.6. The first-order valence-electron chi connectivity index (χ1n) is 25.4. The molecule has 4 rings (SSSR count). The van der Waals surface area contributed by atoms with Crippen molar-refractivity contribution in [3.63, 3.8) is 0 Å². The second-order valence-electron chi connectivity index (χ2n) is 16.9. The van der Waals surface area contributed by atoms with E-state index >= 15 is 0 Å². The molecule has 0 aromatic heterocycles. The van der Waals surface area contributed by atoms with Crippen LogP contribution in [-0.2, 0) is 12.8 Å². The summed E-state index contributed by atoms with van der Waals surface area (Å²) in [4.78, 5) is 0. The fourth-order valence-electron chi connectivity index (χ4n) is 7.52. The predicted molar refractivity (Wildman–Crippen MR) is 296 cm³/mol. The van der Waals surface area contributed by atoms with E-state index in [1.165, 1.54) is 93.5 Å². The largest absolute Gasteiger partial charge is 0.496 e. The fourth-order valence-corrected chi connectivity index (χ4v) is 7.88. The zero-order chi connectivity index (χ0) is 50.2. The molecular formula is C60H85IO8. The number of halogens is 1. The van der Waals surface area contributed by atoms with E-state index in [-0.39, 0.29) is 0 Å². The first-order chi connectivity index (χ1) is 33.8. The monoisotopic (exact) mass is 1060 g/mol. The number of unbranched alkanes of at least 4 members (excludes halogenated alkanes) is 16. The van der Waals surface area contributed by atoms with Crippen molar-refractivity contribution in [3.8, 4) is 70.2 Å². The van der Waals surface area contributed by atoms with Crippen molar-refractivity contribution >= 4 is 22.6 Å². The van der Waals surface area contributed by atoms with Crippen molar-refractivity contribution in [2.75, 3.05) is 55.9 Å². The van der Waals surface area contributed by atoms with Gasteiger partial charge in [0.05, 0.1) is 55.9 Å². The molecule has 0 spiro atoms. The topological polar surface area (TPSA) is 73.8 Å². The van der Waals surface area contributed by atoms with Gasteiger partial charge < -0.3 is 37.9 Å². The van der Waals surface area contributed by atoms with Crippen LogP contribution < -0.4 is 37.9 Å². The summed E-state index contributed by atoms with van der Waals surface area (Å²) in [5, 5.41) is 0. The molecule has 0 aliphatic carbocycles. The summed E-state index contributed by atoms with van der Waals surface area (Å²) in [6, 6.07) is 24.1. The summed E-state index contributed by atoms with van der Waals surface area (Å²) in [7, 11) is 10.1. The molecule has 4 aromatic carbocycles. The van der Waals surface area contributed by atoms with Crippen LogP contribution in [-0.4, -0.2) is 55.9 Å². The average molecular weight is 1060 g/mol. The Morgan fingerprint density at radius 1 is 0.420 bits per heavy atom. The number of methoxy groups -OCH3 is 6. The van der Waals surface area contributed by atoms with Gasteiger partial charge in [0.15, 0.2) is 0 Å². The van der Waals surface area contributed by atoms with E-state index < -0.39 is 0 Å². The second-order valence-corrected chi connectivity index (χ2v) is 18.1. The maximum absolute atomic E-state index is 5.89. The predicted octanol–water partition coefficient (Wildman–Crippen LogP) is 16.1. The first-order valence-corrected chi connectivity index (χ1v) is 26.5. The van der Waals surface area contributed by atoms with Gasteiger partial charge in [0.1, 0.15) is 46.0 Å². The van der Waals surface area contributed by atoms with Crippen molar-refractivity contribution in [2.24, 2.45) is 0 Å². The van der Waals surface area contributed by atoms with Gasteiger partial charge in [-0.25, -0.2) is 0 Å². The van der Waals surface area contributed by atoms with Crippen LogP contribution in [0.1, 0.15) is 159 Å². The molecule has 0 radical (unpaired) electrons. The maximum Gasteiger partial charge on any atom is 0.129 e. The molecule has 0 aliphatic heterocycles. The molecule has 0 fully saturated rings. The molecule has 0 saturated carbocycles. The lowest BCUT2D eigenvalue weighted by atomic mass is 10.0. The van der Waals surface area contributed by atoms with Crippen molar-refractivity contribution in [1.82, 2.24) is 0 Å². The third-order valence-corrected chi connectivity index (χ3v) is 12.3. The molecule has 0 N–H and O–H groups in total.